The summed E-state index contributed by atoms with van der Waals surface area (Å²) >= 11 is 0. The van der Waals surface area contributed by atoms with Gasteiger partial charge in [0, 0.05) is 11.9 Å². The number of benzene rings is 1. The molecule has 2 rings (SSSR count). The number of nitrogens with zero attached hydrogens (tertiary/aromatic N) is 1. The van der Waals surface area contributed by atoms with Gasteiger partial charge >= 0.3 is 0 Å². The summed E-state index contributed by atoms with van der Waals surface area (Å²) in [5, 5.41) is 3.30. The van der Waals surface area contributed by atoms with E-state index in [0.29, 0.717) is 11.5 Å². The Morgan fingerprint density at radius 1 is 1.12 bits per heavy atom. The third-order valence-corrected chi connectivity index (χ3v) is 2.78. The zero-order valence-corrected chi connectivity index (χ0v) is 10.4. The third kappa shape index (κ3) is 2.38. The van der Waals surface area contributed by atoms with Crippen LogP contribution in [0.4, 0.5) is 17.2 Å². The molecule has 0 aliphatic rings. The van der Waals surface area contributed by atoms with Gasteiger partial charge in [0.05, 0.1) is 5.69 Å². The Labute approximate surface area is 102 Å². The molecule has 0 aliphatic carbocycles. The lowest BCUT2D eigenvalue weighted by atomic mass is 10.1. The van der Waals surface area contributed by atoms with Gasteiger partial charge in [-0.05, 0) is 43.5 Å². The van der Waals surface area contributed by atoms with E-state index >= 15 is 0 Å². The normalized spacial score (nSPS) is 10.3. The molecule has 0 bridgehead atoms. The number of pyridine rings is 1. The highest BCUT2D eigenvalue weighted by molar-refractivity contribution is 5.72. The van der Waals surface area contributed by atoms with E-state index in [2.05, 4.69) is 36.3 Å². The summed E-state index contributed by atoms with van der Waals surface area (Å²) in [5.41, 5.74) is 11.1. The predicted molar refractivity (Wildman–Crippen MR) is 72.6 cm³/mol. The van der Waals surface area contributed by atoms with Gasteiger partial charge < -0.3 is 11.1 Å². The number of hydrogen-bond acceptors (Lipinski definition) is 3. The molecule has 0 amide bonds. The van der Waals surface area contributed by atoms with Crippen LogP contribution >= 0.6 is 0 Å². The zero-order valence-electron chi connectivity index (χ0n) is 10.4. The van der Waals surface area contributed by atoms with Crippen LogP contribution in [-0.4, -0.2) is 4.98 Å². The van der Waals surface area contributed by atoms with E-state index in [0.717, 1.165) is 11.3 Å². The lowest BCUT2D eigenvalue weighted by Gasteiger charge is -2.13. The molecule has 3 N–H and O–H groups in total. The van der Waals surface area contributed by atoms with Crippen molar-refractivity contribution in [2.45, 2.75) is 20.8 Å². The van der Waals surface area contributed by atoms with Crippen LogP contribution in [0.3, 0.4) is 0 Å². The minimum Gasteiger partial charge on any atom is -0.396 e. The summed E-state index contributed by atoms with van der Waals surface area (Å²) < 4.78 is 0. The first kappa shape index (κ1) is 11.5. The van der Waals surface area contributed by atoms with Gasteiger partial charge in [-0.2, -0.15) is 0 Å². The van der Waals surface area contributed by atoms with E-state index < -0.39 is 0 Å². The van der Waals surface area contributed by atoms with E-state index in [9.17, 15) is 0 Å². The monoisotopic (exact) mass is 227 g/mol. The number of hydrogen-bond donors (Lipinski definition) is 2. The maximum atomic E-state index is 5.94. The Morgan fingerprint density at radius 2 is 1.76 bits per heavy atom. The standard InChI is InChI=1S/C14H17N3/c1-9-7-12(15)14(16-8-9)17-13-10(2)5-4-6-11(13)3/h4-8H,15H2,1-3H3,(H,16,17). The second-order valence-electron chi connectivity index (χ2n) is 4.34. The average Bonchev–Trinajstić information content (AvgIpc) is 2.26. The van der Waals surface area contributed by atoms with E-state index in [1.807, 2.05) is 25.3 Å². The van der Waals surface area contributed by atoms with Gasteiger partial charge in [-0.15, -0.1) is 0 Å². The van der Waals surface area contributed by atoms with Crippen LogP contribution in [0, 0.1) is 20.8 Å². The molecule has 0 aliphatic heterocycles. The average molecular weight is 227 g/mol. The molecule has 0 fully saturated rings. The summed E-state index contributed by atoms with van der Waals surface area (Å²) in [7, 11) is 0. The number of aromatic nitrogens is 1. The molecule has 17 heavy (non-hydrogen) atoms. The van der Waals surface area contributed by atoms with Crippen LogP contribution in [0.2, 0.25) is 0 Å². The van der Waals surface area contributed by atoms with Crippen molar-refractivity contribution in [2.24, 2.45) is 0 Å². The van der Waals surface area contributed by atoms with Crippen molar-refractivity contribution in [2.75, 3.05) is 11.1 Å². The highest BCUT2D eigenvalue weighted by Crippen LogP contribution is 2.26. The molecule has 0 radical (unpaired) electrons. The highest BCUT2D eigenvalue weighted by atomic mass is 15.0. The quantitative estimate of drug-likeness (QED) is 0.827. The number of nitrogens with two attached hydrogens (primary N) is 1. The fourth-order valence-corrected chi connectivity index (χ4v) is 1.83. The van der Waals surface area contributed by atoms with E-state index in [4.69, 9.17) is 5.73 Å². The fourth-order valence-electron chi connectivity index (χ4n) is 1.83. The smallest absolute Gasteiger partial charge is 0.153 e. The topological polar surface area (TPSA) is 50.9 Å². The number of para-hydroxylation sites is 1. The minimum absolute atomic E-state index is 0.674. The lowest BCUT2D eigenvalue weighted by Crippen LogP contribution is -2.02. The largest absolute Gasteiger partial charge is 0.396 e. The Morgan fingerprint density at radius 3 is 2.35 bits per heavy atom. The molecule has 3 nitrogen and oxygen atoms in total. The predicted octanol–water partition coefficient (Wildman–Crippen LogP) is 3.33. The van der Waals surface area contributed by atoms with Crippen molar-refractivity contribution in [3.05, 3.63) is 47.2 Å². The molecule has 0 atom stereocenters. The van der Waals surface area contributed by atoms with Crippen LogP contribution in [0.25, 0.3) is 0 Å². The van der Waals surface area contributed by atoms with E-state index in [-0.39, 0.29) is 0 Å². The molecular formula is C14H17N3. The Bertz CT molecular complexity index is 527. The summed E-state index contributed by atoms with van der Waals surface area (Å²) in [6, 6.07) is 8.10. The zero-order chi connectivity index (χ0) is 12.4. The molecule has 1 aromatic heterocycles. The van der Waals surface area contributed by atoms with Crippen molar-refractivity contribution in [1.29, 1.82) is 0 Å². The lowest BCUT2D eigenvalue weighted by molar-refractivity contribution is 1.25. The first-order valence-electron chi connectivity index (χ1n) is 5.63. The van der Waals surface area contributed by atoms with Crippen molar-refractivity contribution in [3.63, 3.8) is 0 Å². The molecule has 2 aromatic rings. The second kappa shape index (κ2) is 4.45. The molecule has 3 heteroatoms. The van der Waals surface area contributed by atoms with E-state index in [1.165, 1.54) is 11.1 Å². The van der Waals surface area contributed by atoms with Gasteiger partial charge in [0.2, 0.25) is 0 Å². The van der Waals surface area contributed by atoms with Crippen LogP contribution in [0.1, 0.15) is 16.7 Å². The highest BCUT2D eigenvalue weighted by Gasteiger charge is 2.05. The van der Waals surface area contributed by atoms with Gasteiger partial charge in [-0.25, -0.2) is 4.98 Å². The fraction of sp³-hybridized carbons (Fsp3) is 0.214. The Hall–Kier alpha value is -2.03. The van der Waals surface area contributed by atoms with E-state index in [1.54, 1.807) is 0 Å². The molecule has 88 valence electrons. The van der Waals surface area contributed by atoms with Gasteiger partial charge in [0.25, 0.3) is 0 Å². The van der Waals surface area contributed by atoms with Crippen LogP contribution in [0.5, 0.6) is 0 Å². The molecule has 1 aromatic carbocycles. The Kier molecular flexibility index (Phi) is 3.00. The summed E-state index contributed by atoms with van der Waals surface area (Å²) in [6.07, 6.45) is 1.81. The van der Waals surface area contributed by atoms with Gasteiger partial charge in [0.15, 0.2) is 5.82 Å². The molecule has 0 unspecified atom stereocenters. The first-order valence-corrected chi connectivity index (χ1v) is 5.63. The number of anilines is 3. The summed E-state index contributed by atoms with van der Waals surface area (Å²) in [6.45, 7) is 6.12. The molecular weight excluding hydrogens is 210 g/mol. The molecule has 0 saturated heterocycles. The van der Waals surface area contributed by atoms with Gasteiger partial charge in [-0.1, -0.05) is 18.2 Å². The van der Waals surface area contributed by atoms with Crippen LogP contribution in [0.15, 0.2) is 30.5 Å². The van der Waals surface area contributed by atoms with Crippen molar-refractivity contribution >= 4 is 17.2 Å². The second-order valence-corrected chi connectivity index (χ2v) is 4.34. The number of nitrogen functional groups attached to an aromatic ring is 1. The summed E-state index contributed by atoms with van der Waals surface area (Å²) in [5.74, 6) is 0.716. The Balaban J connectivity index is 2.38. The van der Waals surface area contributed by atoms with Crippen LogP contribution < -0.4 is 11.1 Å². The minimum atomic E-state index is 0.674. The maximum Gasteiger partial charge on any atom is 0.153 e. The maximum absolute atomic E-state index is 5.94. The van der Waals surface area contributed by atoms with Crippen LogP contribution in [-0.2, 0) is 0 Å². The summed E-state index contributed by atoms with van der Waals surface area (Å²) in [4.78, 5) is 4.32. The first-order chi connectivity index (χ1) is 8.08. The third-order valence-electron chi connectivity index (χ3n) is 2.78. The van der Waals surface area contributed by atoms with Crippen molar-refractivity contribution in [3.8, 4) is 0 Å². The molecule has 1 heterocycles. The SMILES string of the molecule is Cc1cnc(Nc2c(C)cccc2C)c(N)c1. The molecule has 0 spiro atoms. The number of nitrogens with one attached hydrogen (secondary N) is 1. The van der Waals surface area contributed by atoms with Crippen molar-refractivity contribution in [1.82, 2.24) is 4.98 Å². The number of aryl methyl sites for hydroxylation is 3. The number of rotatable bonds is 2. The van der Waals surface area contributed by atoms with Crippen molar-refractivity contribution < 1.29 is 0 Å². The van der Waals surface area contributed by atoms with Gasteiger partial charge in [0.1, 0.15) is 0 Å². The van der Waals surface area contributed by atoms with Gasteiger partial charge in [-0.3, -0.25) is 0 Å². The molecule has 0 saturated carbocycles.